The zero-order valence-electron chi connectivity index (χ0n) is 18.1. The number of hydrogen-bond acceptors (Lipinski definition) is 3. The molecule has 28 heavy (non-hydrogen) atoms. The van der Waals surface area contributed by atoms with E-state index in [0.717, 1.165) is 38.1 Å². The van der Waals surface area contributed by atoms with Crippen LogP contribution in [0.15, 0.2) is 35.3 Å². The number of guanidine groups is 1. The normalized spacial score (nSPS) is 23.2. The summed E-state index contributed by atoms with van der Waals surface area (Å²) in [6, 6.07) is 11.4. The number of likely N-dealkylation sites (N-methyl/N-ethyl adjacent to an activating group) is 1. The maximum atomic E-state index is 5.03. The van der Waals surface area contributed by atoms with Crippen molar-refractivity contribution < 1.29 is 0 Å². The van der Waals surface area contributed by atoms with E-state index in [0.29, 0.717) is 6.04 Å². The largest absolute Gasteiger partial charge is 0.357 e. The Morgan fingerprint density at radius 3 is 2.54 bits per heavy atom. The zero-order chi connectivity index (χ0) is 19.8. The van der Waals surface area contributed by atoms with E-state index in [1.807, 2.05) is 0 Å². The molecule has 2 heterocycles. The first-order valence-electron chi connectivity index (χ1n) is 11.2. The molecule has 2 fully saturated rings. The summed E-state index contributed by atoms with van der Waals surface area (Å²) in [5, 5.41) is 3.53. The molecule has 2 unspecified atom stereocenters. The fourth-order valence-electron chi connectivity index (χ4n) is 4.42. The average molecular weight is 386 g/mol. The van der Waals surface area contributed by atoms with E-state index in [4.69, 9.17) is 4.99 Å². The highest BCUT2D eigenvalue weighted by Crippen LogP contribution is 2.21. The van der Waals surface area contributed by atoms with Gasteiger partial charge in [-0.15, -0.1) is 0 Å². The summed E-state index contributed by atoms with van der Waals surface area (Å²) < 4.78 is 0. The first-order valence-corrected chi connectivity index (χ1v) is 11.2. The Kier molecular flexibility index (Phi) is 8.16. The van der Waals surface area contributed by atoms with Crippen LogP contribution < -0.4 is 5.32 Å². The first-order chi connectivity index (χ1) is 13.7. The van der Waals surface area contributed by atoms with Gasteiger partial charge in [0.05, 0.1) is 6.54 Å². The predicted molar refractivity (Wildman–Crippen MR) is 119 cm³/mol. The van der Waals surface area contributed by atoms with Crippen LogP contribution >= 0.6 is 0 Å². The minimum atomic E-state index is 0.510. The van der Waals surface area contributed by atoms with E-state index < -0.39 is 0 Å². The monoisotopic (exact) mass is 385 g/mol. The lowest BCUT2D eigenvalue weighted by molar-refractivity contribution is 0.109. The average Bonchev–Trinajstić information content (AvgIpc) is 3.20. The number of nitrogens with one attached hydrogen (secondary N) is 1. The molecule has 0 saturated carbocycles. The molecule has 2 saturated heterocycles. The van der Waals surface area contributed by atoms with Crippen molar-refractivity contribution in [2.45, 2.75) is 39.7 Å². The van der Waals surface area contributed by atoms with E-state index in [9.17, 15) is 0 Å². The molecule has 2 atom stereocenters. The number of benzene rings is 1. The molecule has 0 radical (unpaired) electrons. The molecule has 5 nitrogen and oxygen atoms in total. The van der Waals surface area contributed by atoms with E-state index >= 15 is 0 Å². The molecule has 1 aromatic rings. The number of likely N-dealkylation sites (tertiary alicyclic amines) is 1. The van der Waals surface area contributed by atoms with Gasteiger partial charge in [-0.3, -0.25) is 9.89 Å². The quantitative estimate of drug-likeness (QED) is 0.578. The lowest BCUT2D eigenvalue weighted by Gasteiger charge is -2.37. The van der Waals surface area contributed by atoms with Gasteiger partial charge in [0.1, 0.15) is 0 Å². The Bertz CT molecular complexity index is 594. The third kappa shape index (κ3) is 5.95. The topological polar surface area (TPSA) is 34.1 Å². The van der Waals surface area contributed by atoms with Crippen LogP contribution in [-0.2, 0) is 6.42 Å². The molecule has 156 valence electrons. The van der Waals surface area contributed by atoms with Crippen molar-refractivity contribution in [3.8, 4) is 0 Å². The van der Waals surface area contributed by atoms with Crippen LogP contribution in [0.3, 0.4) is 0 Å². The molecular weight excluding hydrogens is 346 g/mol. The molecule has 0 aromatic heterocycles. The molecule has 5 heteroatoms. The summed E-state index contributed by atoms with van der Waals surface area (Å²) in [6.07, 6.45) is 2.43. The summed E-state index contributed by atoms with van der Waals surface area (Å²) in [5.41, 5.74) is 1.45. The van der Waals surface area contributed by atoms with Gasteiger partial charge in [0.2, 0.25) is 0 Å². The van der Waals surface area contributed by atoms with Crippen LogP contribution in [0, 0.1) is 5.92 Å². The molecule has 2 aliphatic heterocycles. The van der Waals surface area contributed by atoms with Gasteiger partial charge in [0.15, 0.2) is 5.96 Å². The molecule has 0 amide bonds. The summed E-state index contributed by atoms with van der Waals surface area (Å²) in [4.78, 5) is 12.6. The highest BCUT2D eigenvalue weighted by Gasteiger charge is 2.25. The second kappa shape index (κ2) is 10.8. The van der Waals surface area contributed by atoms with Crippen molar-refractivity contribution in [2.24, 2.45) is 10.9 Å². The second-order valence-electron chi connectivity index (χ2n) is 8.30. The zero-order valence-corrected chi connectivity index (χ0v) is 18.1. The molecule has 1 aromatic carbocycles. The van der Waals surface area contributed by atoms with Gasteiger partial charge < -0.3 is 15.1 Å². The third-order valence-corrected chi connectivity index (χ3v) is 6.27. The Morgan fingerprint density at radius 1 is 1.11 bits per heavy atom. The van der Waals surface area contributed by atoms with Crippen LogP contribution in [0.25, 0.3) is 0 Å². The number of rotatable bonds is 7. The number of aliphatic imine (C=N–C) groups is 1. The van der Waals surface area contributed by atoms with E-state index in [2.05, 4.69) is 71.1 Å². The Hall–Kier alpha value is -1.59. The lowest BCUT2D eigenvalue weighted by atomic mass is 9.99. The van der Waals surface area contributed by atoms with Gasteiger partial charge in [-0.1, -0.05) is 37.3 Å². The van der Waals surface area contributed by atoms with Crippen LogP contribution in [0.1, 0.15) is 32.8 Å². The van der Waals surface area contributed by atoms with Gasteiger partial charge in [-0.05, 0) is 44.7 Å². The van der Waals surface area contributed by atoms with Crippen molar-refractivity contribution in [1.29, 1.82) is 0 Å². The SMILES string of the molecule is CCNC(=NCC(C)N1CCN(CC)CC1)N1CCC(Cc2ccccc2)C1. The summed E-state index contributed by atoms with van der Waals surface area (Å²) in [7, 11) is 0. The Balaban J connectivity index is 1.51. The Labute approximate surface area is 171 Å². The molecular formula is C23H39N5. The van der Waals surface area contributed by atoms with Crippen LogP contribution in [0.2, 0.25) is 0 Å². The number of nitrogens with zero attached hydrogens (tertiary/aromatic N) is 4. The van der Waals surface area contributed by atoms with Crippen LogP contribution in [0.4, 0.5) is 0 Å². The first kappa shape index (κ1) is 21.1. The molecule has 3 rings (SSSR count). The van der Waals surface area contributed by atoms with Gasteiger partial charge in [-0.2, -0.15) is 0 Å². The maximum absolute atomic E-state index is 5.03. The van der Waals surface area contributed by atoms with Gasteiger partial charge in [0.25, 0.3) is 0 Å². The highest BCUT2D eigenvalue weighted by atomic mass is 15.3. The fraction of sp³-hybridized carbons (Fsp3) is 0.696. The van der Waals surface area contributed by atoms with E-state index in [1.165, 1.54) is 51.1 Å². The number of hydrogen-bond donors (Lipinski definition) is 1. The molecule has 0 spiro atoms. The van der Waals surface area contributed by atoms with Crippen LogP contribution in [0.5, 0.6) is 0 Å². The molecule has 2 aliphatic rings. The lowest BCUT2D eigenvalue weighted by Crippen LogP contribution is -2.50. The van der Waals surface area contributed by atoms with Crippen molar-refractivity contribution in [1.82, 2.24) is 20.0 Å². The van der Waals surface area contributed by atoms with E-state index in [-0.39, 0.29) is 0 Å². The predicted octanol–water partition coefficient (Wildman–Crippen LogP) is 2.54. The van der Waals surface area contributed by atoms with Crippen LogP contribution in [-0.4, -0.2) is 85.6 Å². The minimum absolute atomic E-state index is 0.510. The van der Waals surface area contributed by atoms with Gasteiger partial charge in [0, 0.05) is 51.9 Å². The third-order valence-electron chi connectivity index (χ3n) is 6.27. The van der Waals surface area contributed by atoms with Crippen molar-refractivity contribution in [3.63, 3.8) is 0 Å². The van der Waals surface area contributed by atoms with Gasteiger partial charge in [-0.25, -0.2) is 0 Å². The standard InChI is InChI=1S/C23H39N5/c1-4-24-23(25-18-20(3)27-15-13-26(5-2)14-16-27)28-12-11-22(19-28)17-21-9-7-6-8-10-21/h6-10,20,22H,4-5,11-19H2,1-3H3,(H,24,25). The van der Waals surface area contributed by atoms with Crippen molar-refractivity contribution >= 4 is 5.96 Å². The molecule has 1 N–H and O–H groups in total. The fourth-order valence-corrected chi connectivity index (χ4v) is 4.42. The summed E-state index contributed by atoms with van der Waals surface area (Å²) >= 11 is 0. The minimum Gasteiger partial charge on any atom is -0.357 e. The summed E-state index contributed by atoms with van der Waals surface area (Å²) in [5.74, 6) is 1.84. The smallest absolute Gasteiger partial charge is 0.193 e. The Morgan fingerprint density at radius 2 is 1.86 bits per heavy atom. The second-order valence-corrected chi connectivity index (χ2v) is 8.30. The highest BCUT2D eigenvalue weighted by molar-refractivity contribution is 5.80. The maximum Gasteiger partial charge on any atom is 0.193 e. The number of piperazine rings is 1. The van der Waals surface area contributed by atoms with E-state index in [1.54, 1.807) is 0 Å². The van der Waals surface area contributed by atoms with Gasteiger partial charge >= 0.3 is 0 Å². The molecule has 0 aliphatic carbocycles. The summed E-state index contributed by atoms with van der Waals surface area (Å²) in [6.45, 7) is 16.7. The molecule has 0 bridgehead atoms. The van der Waals surface area contributed by atoms with Crippen molar-refractivity contribution in [3.05, 3.63) is 35.9 Å². The van der Waals surface area contributed by atoms with Crippen molar-refractivity contribution in [2.75, 3.05) is 58.9 Å².